The first-order chi connectivity index (χ1) is 7.79. The number of rotatable bonds is 7. The zero-order chi connectivity index (χ0) is 13.6. The molecule has 0 saturated carbocycles. The van der Waals surface area contributed by atoms with Gasteiger partial charge in [-0.15, -0.1) is 4.91 Å². The molecule has 0 bridgehead atoms. The Labute approximate surface area is 94.0 Å². The van der Waals surface area contributed by atoms with E-state index < -0.39 is 48.5 Å². The van der Waals surface area contributed by atoms with E-state index in [0.717, 1.165) is 0 Å². The monoisotopic (exact) mass is 247 g/mol. The lowest BCUT2D eigenvalue weighted by Crippen LogP contribution is -2.32. The van der Waals surface area contributed by atoms with Crippen LogP contribution in [0.25, 0.3) is 0 Å². The van der Waals surface area contributed by atoms with Crippen LogP contribution in [0.5, 0.6) is 0 Å². The standard InChI is InChI=1S/C8H9NO8/c10-5(11)1-3(7(14)9-17)4(8(15)16)2-6(12)13/h3-4H,1-2H2,(H,10,11)(H,12,13)(H,15,16). The van der Waals surface area contributed by atoms with E-state index >= 15 is 0 Å². The Morgan fingerprint density at radius 3 is 1.59 bits per heavy atom. The van der Waals surface area contributed by atoms with Gasteiger partial charge in [0.2, 0.25) is 0 Å². The summed E-state index contributed by atoms with van der Waals surface area (Å²) < 4.78 is 0. The van der Waals surface area contributed by atoms with Crippen molar-refractivity contribution >= 4 is 23.8 Å². The predicted octanol–water partition coefficient (Wildman–Crippen LogP) is -0.454. The molecule has 9 heteroatoms. The molecule has 0 aliphatic carbocycles. The second-order valence-corrected chi connectivity index (χ2v) is 3.18. The van der Waals surface area contributed by atoms with Gasteiger partial charge in [-0.2, -0.15) is 0 Å². The Bertz CT molecular complexity index is 363. The third-order valence-corrected chi connectivity index (χ3v) is 2.00. The van der Waals surface area contributed by atoms with Crippen molar-refractivity contribution in [1.82, 2.24) is 0 Å². The molecule has 9 nitrogen and oxygen atoms in total. The van der Waals surface area contributed by atoms with Crippen LogP contribution in [0.15, 0.2) is 5.18 Å². The Balaban J connectivity index is 5.12. The summed E-state index contributed by atoms with van der Waals surface area (Å²) in [6.07, 6.45) is -1.93. The topological polar surface area (TPSA) is 158 Å². The van der Waals surface area contributed by atoms with Crippen molar-refractivity contribution in [3.8, 4) is 0 Å². The van der Waals surface area contributed by atoms with Gasteiger partial charge in [0.25, 0.3) is 5.91 Å². The van der Waals surface area contributed by atoms with E-state index in [0.29, 0.717) is 0 Å². The van der Waals surface area contributed by atoms with Crippen LogP contribution in [-0.2, 0) is 19.2 Å². The molecule has 0 aromatic carbocycles. The van der Waals surface area contributed by atoms with Gasteiger partial charge in [0.05, 0.1) is 24.7 Å². The Hall–Kier alpha value is -2.32. The van der Waals surface area contributed by atoms with Crippen LogP contribution < -0.4 is 0 Å². The van der Waals surface area contributed by atoms with Crippen molar-refractivity contribution in [3.63, 3.8) is 0 Å². The minimum Gasteiger partial charge on any atom is -0.481 e. The zero-order valence-corrected chi connectivity index (χ0v) is 8.40. The molecule has 0 aromatic heterocycles. The van der Waals surface area contributed by atoms with Crippen LogP contribution >= 0.6 is 0 Å². The summed E-state index contributed by atoms with van der Waals surface area (Å²) in [5.41, 5.74) is 0. The number of carboxylic acid groups (broad SMARTS) is 3. The van der Waals surface area contributed by atoms with E-state index in [1.807, 2.05) is 5.18 Å². The molecule has 0 rings (SSSR count). The SMILES string of the molecule is O=NC(=O)C(CC(=O)O)C(CC(=O)O)C(=O)O. The zero-order valence-electron chi connectivity index (χ0n) is 8.40. The first-order valence-corrected chi connectivity index (χ1v) is 4.33. The summed E-state index contributed by atoms with van der Waals surface area (Å²) >= 11 is 0. The number of nitroso groups, excluding NO2 is 1. The number of aliphatic carboxylic acids is 3. The molecule has 94 valence electrons. The number of carbonyl (C=O) groups is 4. The maximum atomic E-state index is 11.0. The van der Waals surface area contributed by atoms with Gasteiger partial charge in [-0.3, -0.25) is 19.2 Å². The molecule has 0 heterocycles. The molecule has 17 heavy (non-hydrogen) atoms. The van der Waals surface area contributed by atoms with Gasteiger partial charge in [0.15, 0.2) is 0 Å². The Morgan fingerprint density at radius 2 is 1.29 bits per heavy atom. The molecule has 0 saturated heterocycles. The van der Waals surface area contributed by atoms with Crippen molar-refractivity contribution in [1.29, 1.82) is 0 Å². The highest BCUT2D eigenvalue weighted by atomic mass is 16.4. The normalized spacial score (nSPS) is 13.4. The van der Waals surface area contributed by atoms with Gasteiger partial charge in [-0.05, 0) is 0 Å². The van der Waals surface area contributed by atoms with Crippen molar-refractivity contribution < 1.29 is 34.5 Å². The fourth-order valence-corrected chi connectivity index (χ4v) is 1.25. The summed E-state index contributed by atoms with van der Waals surface area (Å²) in [5.74, 6) is -9.78. The van der Waals surface area contributed by atoms with Crippen molar-refractivity contribution in [2.75, 3.05) is 0 Å². The molecule has 0 aliphatic heterocycles. The molecule has 0 aliphatic rings. The fraction of sp³-hybridized carbons (Fsp3) is 0.500. The van der Waals surface area contributed by atoms with Crippen LogP contribution in [0.1, 0.15) is 12.8 Å². The molecule has 2 unspecified atom stereocenters. The van der Waals surface area contributed by atoms with Gasteiger partial charge < -0.3 is 15.3 Å². The molecule has 0 aromatic rings. The van der Waals surface area contributed by atoms with Crippen LogP contribution in [0.2, 0.25) is 0 Å². The number of hydrogen-bond acceptors (Lipinski definition) is 5. The summed E-state index contributed by atoms with van der Waals surface area (Å²) in [6.45, 7) is 0. The second-order valence-electron chi connectivity index (χ2n) is 3.18. The van der Waals surface area contributed by atoms with Gasteiger partial charge >= 0.3 is 17.9 Å². The maximum Gasteiger partial charge on any atom is 0.307 e. The van der Waals surface area contributed by atoms with E-state index in [9.17, 15) is 24.1 Å². The number of hydrogen-bond donors (Lipinski definition) is 3. The van der Waals surface area contributed by atoms with E-state index in [1.165, 1.54) is 0 Å². The molecular formula is C8H9NO8. The lowest BCUT2D eigenvalue weighted by atomic mass is 9.86. The van der Waals surface area contributed by atoms with Crippen LogP contribution in [0, 0.1) is 16.7 Å². The van der Waals surface area contributed by atoms with Crippen LogP contribution in [-0.4, -0.2) is 39.1 Å². The van der Waals surface area contributed by atoms with E-state index in [2.05, 4.69) is 0 Å². The summed E-state index contributed by atoms with van der Waals surface area (Å²) in [4.78, 5) is 52.5. The predicted molar refractivity (Wildman–Crippen MR) is 49.9 cm³/mol. The second kappa shape index (κ2) is 6.30. The van der Waals surface area contributed by atoms with Gasteiger partial charge in [0, 0.05) is 5.18 Å². The largest absolute Gasteiger partial charge is 0.481 e. The van der Waals surface area contributed by atoms with Gasteiger partial charge in [-0.1, -0.05) is 0 Å². The third-order valence-electron chi connectivity index (χ3n) is 2.00. The lowest BCUT2D eigenvalue weighted by molar-refractivity contribution is -0.154. The Morgan fingerprint density at radius 1 is 0.882 bits per heavy atom. The van der Waals surface area contributed by atoms with Crippen LogP contribution in [0.4, 0.5) is 0 Å². The number of amides is 1. The van der Waals surface area contributed by atoms with Gasteiger partial charge in [0.1, 0.15) is 0 Å². The minimum atomic E-state index is -1.80. The smallest absolute Gasteiger partial charge is 0.307 e. The van der Waals surface area contributed by atoms with E-state index in [1.54, 1.807) is 0 Å². The number of nitrogens with zero attached hydrogens (tertiary/aromatic N) is 1. The quantitative estimate of drug-likeness (QED) is 0.510. The molecule has 1 amide bonds. The number of carboxylic acids is 3. The summed E-state index contributed by atoms with van der Waals surface area (Å²) in [6, 6.07) is 0. The lowest BCUT2D eigenvalue weighted by Gasteiger charge is -2.16. The summed E-state index contributed by atoms with van der Waals surface area (Å²) in [7, 11) is 0. The van der Waals surface area contributed by atoms with Crippen molar-refractivity contribution in [2.24, 2.45) is 17.0 Å². The highest BCUT2D eigenvalue weighted by Crippen LogP contribution is 2.22. The Kier molecular flexibility index (Phi) is 5.44. The third kappa shape index (κ3) is 4.82. The average Bonchev–Trinajstić information content (AvgIpc) is 2.21. The van der Waals surface area contributed by atoms with Crippen molar-refractivity contribution in [2.45, 2.75) is 12.8 Å². The highest BCUT2D eigenvalue weighted by Gasteiger charge is 2.37. The fourth-order valence-electron chi connectivity index (χ4n) is 1.25. The van der Waals surface area contributed by atoms with E-state index in [4.69, 9.17) is 15.3 Å². The number of carbonyl (C=O) groups excluding carboxylic acids is 1. The minimum absolute atomic E-state index is 0.963. The van der Waals surface area contributed by atoms with Crippen molar-refractivity contribution in [3.05, 3.63) is 4.91 Å². The molecule has 0 radical (unpaired) electrons. The van der Waals surface area contributed by atoms with Gasteiger partial charge in [-0.25, -0.2) is 0 Å². The molecule has 2 atom stereocenters. The van der Waals surface area contributed by atoms with E-state index in [-0.39, 0.29) is 0 Å². The molecule has 0 fully saturated rings. The molecular weight excluding hydrogens is 238 g/mol. The molecule has 3 N–H and O–H groups in total. The maximum absolute atomic E-state index is 11.0. The van der Waals surface area contributed by atoms with Crippen LogP contribution in [0.3, 0.4) is 0 Å². The average molecular weight is 247 g/mol. The first kappa shape index (κ1) is 14.7. The highest BCUT2D eigenvalue weighted by molar-refractivity contribution is 5.90. The first-order valence-electron chi connectivity index (χ1n) is 4.33. The summed E-state index contributed by atoms with van der Waals surface area (Å²) in [5, 5.41) is 27.5. The molecule has 0 spiro atoms.